The van der Waals surface area contributed by atoms with Crippen molar-refractivity contribution in [2.24, 2.45) is 0 Å². The van der Waals surface area contributed by atoms with Gasteiger partial charge in [-0.15, -0.1) is 0 Å². The number of rotatable bonds is 4. The van der Waals surface area contributed by atoms with E-state index in [0.29, 0.717) is 11.6 Å². The van der Waals surface area contributed by atoms with Crippen molar-refractivity contribution in [3.8, 4) is 5.88 Å². The van der Waals surface area contributed by atoms with Crippen LogP contribution in [-0.2, 0) is 0 Å². The number of pyridine rings is 1. The van der Waals surface area contributed by atoms with Gasteiger partial charge in [-0.3, -0.25) is 0 Å². The van der Waals surface area contributed by atoms with Crippen molar-refractivity contribution in [2.75, 3.05) is 12.4 Å². The zero-order chi connectivity index (χ0) is 10.6. The third-order valence-corrected chi connectivity index (χ3v) is 1.72. The van der Waals surface area contributed by atoms with E-state index in [2.05, 4.69) is 10.3 Å². The number of nitrogens with zero attached hydrogens (tertiary/aromatic N) is 1. The second-order valence-corrected chi connectivity index (χ2v) is 2.86. The molecule has 0 spiro atoms. The molecule has 0 aliphatic rings. The Hall–Kier alpha value is -1.39. The summed E-state index contributed by atoms with van der Waals surface area (Å²) in [5, 5.41) is 2.62. The van der Waals surface area contributed by atoms with Crippen LogP contribution in [0.5, 0.6) is 5.88 Å². The quantitative estimate of drug-likeness (QED) is 0.812. The molecule has 0 bridgehead atoms. The van der Waals surface area contributed by atoms with Gasteiger partial charge < -0.3 is 10.1 Å². The van der Waals surface area contributed by atoms with Gasteiger partial charge in [0, 0.05) is 6.07 Å². The zero-order valence-electron chi connectivity index (χ0n) is 8.00. The standard InChI is InChI=1S/C9H12F2N2O/c1-6(9(10)11)13-7-3-4-8(14-2)12-5-7/h3-6,9,13H,1-2H3. The van der Waals surface area contributed by atoms with Crippen molar-refractivity contribution in [2.45, 2.75) is 19.4 Å². The topological polar surface area (TPSA) is 34.1 Å². The molecule has 1 aromatic heterocycles. The summed E-state index contributed by atoms with van der Waals surface area (Å²) in [7, 11) is 1.50. The van der Waals surface area contributed by atoms with Gasteiger partial charge in [-0.25, -0.2) is 13.8 Å². The molecule has 1 atom stereocenters. The molecule has 5 heteroatoms. The molecule has 0 aromatic carbocycles. The van der Waals surface area contributed by atoms with Gasteiger partial charge in [0.25, 0.3) is 6.43 Å². The maximum absolute atomic E-state index is 12.2. The van der Waals surface area contributed by atoms with Gasteiger partial charge in [0.1, 0.15) is 0 Å². The number of methoxy groups -OCH3 is 1. The van der Waals surface area contributed by atoms with E-state index in [1.165, 1.54) is 20.2 Å². The SMILES string of the molecule is COc1ccc(NC(C)C(F)F)cn1. The van der Waals surface area contributed by atoms with Gasteiger partial charge >= 0.3 is 0 Å². The number of anilines is 1. The van der Waals surface area contributed by atoms with Crippen molar-refractivity contribution < 1.29 is 13.5 Å². The summed E-state index contributed by atoms with van der Waals surface area (Å²) in [5.74, 6) is 0.459. The van der Waals surface area contributed by atoms with E-state index in [1.54, 1.807) is 12.1 Å². The normalized spacial score (nSPS) is 12.6. The van der Waals surface area contributed by atoms with Crippen molar-refractivity contribution >= 4 is 5.69 Å². The maximum Gasteiger partial charge on any atom is 0.258 e. The molecule has 14 heavy (non-hydrogen) atoms. The molecule has 3 nitrogen and oxygen atoms in total. The Labute approximate surface area is 81.1 Å². The summed E-state index contributed by atoms with van der Waals surface area (Å²) < 4.78 is 29.1. The highest BCUT2D eigenvalue weighted by Gasteiger charge is 2.13. The predicted octanol–water partition coefficient (Wildman–Crippen LogP) is 2.16. The van der Waals surface area contributed by atoms with E-state index in [4.69, 9.17) is 4.74 Å². The Morgan fingerprint density at radius 1 is 1.43 bits per heavy atom. The van der Waals surface area contributed by atoms with Gasteiger partial charge in [-0.2, -0.15) is 0 Å². The fourth-order valence-corrected chi connectivity index (χ4v) is 0.912. The zero-order valence-corrected chi connectivity index (χ0v) is 8.00. The van der Waals surface area contributed by atoms with Crippen LogP contribution in [0, 0.1) is 0 Å². The Morgan fingerprint density at radius 2 is 2.14 bits per heavy atom. The van der Waals surface area contributed by atoms with E-state index in [9.17, 15) is 8.78 Å². The summed E-state index contributed by atoms with van der Waals surface area (Å²) in [4.78, 5) is 3.88. The van der Waals surface area contributed by atoms with E-state index >= 15 is 0 Å². The minimum atomic E-state index is -2.39. The number of alkyl halides is 2. The third kappa shape index (κ3) is 2.83. The van der Waals surface area contributed by atoms with E-state index in [-0.39, 0.29) is 0 Å². The first-order valence-electron chi connectivity index (χ1n) is 4.18. The lowest BCUT2D eigenvalue weighted by Gasteiger charge is -2.13. The van der Waals surface area contributed by atoms with Gasteiger partial charge in [-0.1, -0.05) is 0 Å². The average Bonchev–Trinajstić information content (AvgIpc) is 2.19. The van der Waals surface area contributed by atoms with Crippen molar-refractivity contribution in [3.63, 3.8) is 0 Å². The van der Waals surface area contributed by atoms with Crippen LogP contribution in [0.1, 0.15) is 6.92 Å². The molecule has 1 unspecified atom stereocenters. The summed E-state index contributed by atoms with van der Waals surface area (Å²) in [6.45, 7) is 1.41. The van der Waals surface area contributed by atoms with Crippen LogP contribution in [0.25, 0.3) is 0 Å². The number of hydrogen-bond acceptors (Lipinski definition) is 3. The van der Waals surface area contributed by atoms with E-state index < -0.39 is 12.5 Å². The average molecular weight is 202 g/mol. The molecule has 78 valence electrons. The van der Waals surface area contributed by atoms with Gasteiger partial charge in [0.05, 0.1) is 25.0 Å². The minimum Gasteiger partial charge on any atom is -0.481 e. The first kappa shape index (κ1) is 10.7. The molecule has 0 saturated heterocycles. The second-order valence-electron chi connectivity index (χ2n) is 2.86. The Morgan fingerprint density at radius 3 is 2.57 bits per heavy atom. The lowest BCUT2D eigenvalue weighted by Crippen LogP contribution is -2.23. The van der Waals surface area contributed by atoms with E-state index in [1.807, 2.05) is 0 Å². The van der Waals surface area contributed by atoms with Crippen LogP contribution in [0.4, 0.5) is 14.5 Å². The Bertz CT molecular complexity index is 277. The highest BCUT2D eigenvalue weighted by atomic mass is 19.3. The van der Waals surface area contributed by atoms with Crippen molar-refractivity contribution in [1.29, 1.82) is 0 Å². The van der Waals surface area contributed by atoms with Crippen LogP contribution >= 0.6 is 0 Å². The Balaban J connectivity index is 2.59. The molecule has 0 aliphatic heterocycles. The first-order chi connectivity index (χ1) is 6.63. The van der Waals surface area contributed by atoms with Crippen LogP contribution < -0.4 is 10.1 Å². The second kappa shape index (κ2) is 4.74. The summed E-state index contributed by atoms with van der Waals surface area (Å²) >= 11 is 0. The van der Waals surface area contributed by atoms with Crippen molar-refractivity contribution in [3.05, 3.63) is 18.3 Å². The lowest BCUT2D eigenvalue weighted by atomic mass is 10.3. The monoisotopic (exact) mass is 202 g/mol. The minimum absolute atomic E-state index is 0.459. The fraction of sp³-hybridized carbons (Fsp3) is 0.444. The first-order valence-corrected chi connectivity index (χ1v) is 4.18. The lowest BCUT2D eigenvalue weighted by molar-refractivity contribution is 0.130. The summed E-state index contributed by atoms with van der Waals surface area (Å²) in [5.41, 5.74) is 0.554. The molecule has 1 rings (SSSR count). The molecular weight excluding hydrogens is 190 g/mol. The van der Waals surface area contributed by atoms with Crippen LogP contribution in [0.3, 0.4) is 0 Å². The number of ether oxygens (including phenoxy) is 1. The maximum atomic E-state index is 12.2. The molecule has 1 aromatic rings. The van der Waals surface area contributed by atoms with Crippen LogP contribution in [0.2, 0.25) is 0 Å². The largest absolute Gasteiger partial charge is 0.481 e. The smallest absolute Gasteiger partial charge is 0.258 e. The van der Waals surface area contributed by atoms with Gasteiger partial charge in [0.15, 0.2) is 0 Å². The summed E-state index contributed by atoms with van der Waals surface area (Å²) in [6, 6.07) is 2.37. The predicted molar refractivity (Wildman–Crippen MR) is 49.9 cm³/mol. The molecule has 1 N–H and O–H groups in total. The highest BCUT2D eigenvalue weighted by molar-refractivity contribution is 5.42. The van der Waals surface area contributed by atoms with Crippen LogP contribution in [-0.4, -0.2) is 24.6 Å². The molecular formula is C9H12F2N2O. The molecule has 0 aliphatic carbocycles. The molecule has 0 radical (unpaired) electrons. The molecule has 0 fully saturated rings. The number of halogens is 2. The van der Waals surface area contributed by atoms with E-state index in [0.717, 1.165) is 0 Å². The van der Waals surface area contributed by atoms with Gasteiger partial charge in [0.2, 0.25) is 5.88 Å². The Kier molecular flexibility index (Phi) is 3.62. The highest BCUT2D eigenvalue weighted by Crippen LogP contribution is 2.13. The molecule has 0 amide bonds. The molecule has 0 saturated carbocycles. The van der Waals surface area contributed by atoms with Gasteiger partial charge in [-0.05, 0) is 13.0 Å². The number of hydrogen-bond donors (Lipinski definition) is 1. The fourth-order valence-electron chi connectivity index (χ4n) is 0.912. The third-order valence-electron chi connectivity index (χ3n) is 1.72. The number of nitrogens with one attached hydrogen (secondary N) is 1. The van der Waals surface area contributed by atoms with Crippen LogP contribution in [0.15, 0.2) is 18.3 Å². The molecule has 1 heterocycles. The summed E-state index contributed by atoms with van der Waals surface area (Å²) in [6.07, 6.45) is -0.936. The number of aromatic nitrogens is 1. The van der Waals surface area contributed by atoms with Crippen molar-refractivity contribution in [1.82, 2.24) is 4.98 Å².